The summed E-state index contributed by atoms with van der Waals surface area (Å²) in [5, 5.41) is 0. The molecule has 0 spiro atoms. The van der Waals surface area contributed by atoms with Gasteiger partial charge in [-0.2, -0.15) is 12.6 Å². The summed E-state index contributed by atoms with van der Waals surface area (Å²) in [6.45, 7) is 3.48. The maximum atomic E-state index is 11.8. The quantitative estimate of drug-likeness (QED) is 0.509. The molecule has 2 rings (SSSR count). The number of ether oxygens (including phenoxy) is 1. The SMILES string of the molecule is C=CC(=O)c1nc(CS)n(-c2ccc(OC)cc2)c1Br. The number of hydrogen-bond acceptors (Lipinski definition) is 4. The number of ketones is 1. The first-order valence-electron chi connectivity index (χ1n) is 5.81. The highest BCUT2D eigenvalue weighted by molar-refractivity contribution is 9.10. The molecule has 1 aromatic carbocycles. The summed E-state index contributed by atoms with van der Waals surface area (Å²) >= 11 is 7.68. The van der Waals surface area contributed by atoms with E-state index >= 15 is 0 Å². The molecule has 1 aromatic heterocycles. The number of benzene rings is 1. The van der Waals surface area contributed by atoms with Crippen molar-refractivity contribution in [1.29, 1.82) is 0 Å². The largest absolute Gasteiger partial charge is 0.497 e. The molecule has 0 aliphatic carbocycles. The van der Waals surface area contributed by atoms with Crippen LogP contribution in [0.15, 0.2) is 41.5 Å². The summed E-state index contributed by atoms with van der Waals surface area (Å²) in [6.07, 6.45) is 1.24. The van der Waals surface area contributed by atoms with Crippen LogP contribution in [0.4, 0.5) is 0 Å². The topological polar surface area (TPSA) is 44.1 Å². The van der Waals surface area contributed by atoms with Crippen molar-refractivity contribution in [2.75, 3.05) is 7.11 Å². The van der Waals surface area contributed by atoms with Crippen molar-refractivity contribution in [3.63, 3.8) is 0 Å². The van der Waals surface area contributed by atoms with Crippen molar-refractivity contribution < 1.29 is 9.53 Å². The number of carbonyl (C=O) groups is 1. The third-order valence-electron chi connectivity index (χ3n) is 2.78. The van der Waals surface area contributed by atoms with Gasteiger partial charge in [-0.15, -0.1) is 0 Å². The molecular formula is C14H13BrN2O2S. The number of thiol groups is 1. The first-order valence-corrected chi connectivity index (χ1v) is 7.24. The third-order valence-corrected chi connectivity index (χ3v) is 3.79. The van der Waals surface area contributed by atoms with Crippen LogP contribution in [0.1, 0.15) is 16.3 Å². The van der Waals surface area contributed by atoms with Crippen LogP contribution < -0.4 is 4.74 Å². The van der Waals surface area contributed by atoms with E-state index in [-0.39, 0.29) is 5.78 Å². The Morgan fingerprint density at radius 3 is 2.65 bits per heavy atom. The minimum atomic E-state index is -0.229. The molecule has 0 N–H and O–H groups in total. The molecule has 0 amide bonds. The summed E-state index contributed by atoms with van der Waals surface area (Å²) in [4.78, 5) is 16.1. The molecule has 2 aromatic rings. The lowest BCUT2D eigenvalue weighted by molar-refractivity contribution is 0.104. The van der Waals surface area contributed by atoms with E-state index in [9.17, 15) is 4.79 Å². The summed E-state index contributed by atoms with van der Waals surface area (Å²) in [7, 11) is 1.61. The predicted molar refractivity (Wildman–Crippen MR) is 85.0 cm³/mol. The fourth-order valence-electron chi connectivity index (χ4n) is 1.80. The molecule has 6 heteroatoms. The number of imidazole rings is 1. The standard InChI is InChI=1S/C14H13BrN2O2S/c1-3-11(18)13-14(15)17(12(8-20)16-13)9-4-6-10(19-2)7-5-9/h3-7,20H,1,8H2,2H3. The second-order valence-corrected chi connectivity index (χ2v) is 4.99. The molecule has 0 unspecified atom stereocenters. The fourth-order valence-corrected chi connectivity index (χ4v) is 2.70. The number of hydrogen-bond donors (Lipinski definition) is 1. The van der Waals surface area contributed by atoms with Gasteiger partial charge in [0.1, 0.15) is 21.9 Å². The Kier molecular flexibility index (Phi) is 4.67. The third kappa shape index (κ3) is 2.66. The van der Waals surface area contributed by atoms with E-state index < -0.39 is 0 Å². The number of methoxy groups -OCH3 is 1. The Bertz CT molecular complexity index is 650. The summed E-state index contributed by atoms with van der Waals surface area (Å²) in [6, 6.07) is 7.47. The van der Waals surface area contributed by atoms with Gasteiger partial charge in [-0.25, -0.2) is 4.98 Å². The Hall–Kier alpha value is -1.53. The molecule has 0 aliphatic heterocycles. The second kappa shape index (κ2) is 6.28. The molecule has 0 saturated carbocycles. The maximum absolute atomic E-state index is 11.8. The Morgan fingerprint density at radius 1 is 1.50 bits per heavy atom. The molecule has 0 bridgehead atoms. The number of allylic oxidation sites excluding steroid dienone is 1. The second-order valence-electron chi connectivity index (χ2n) is 3.93. The minimum absolute atomic E-state index is 0.229. The van der Waals surface area contributed by atoms with Crippen LogP contribution in [0.5, 0.6) is 5.75 Å². The predicted octanol–water partition coefficient (Wildman–Crippen LogP) is 3.44. The van der Waals surface area contributed by atoms with Gasteiger partial charge in [0.25, 0.3) is 0 Å². The molecule has 0 radical (unpaired) electrons. The highest BCUT2D eigenvalue weighted by atomic mass is 79.9. The van der Waals surface area contributed by atoms with Crippen LogP contribution in [0, 0.1) is 0 Å². The van der Waals surface area contributed by atoms with Gasteiger partial charge in [-0.3, -0.25) is 9.36 Å². The van der Waals surface area contributed by atoms with Crippen molar-refractivity contribution >= 4 is 34.3 Å². The molecule has 20 heavy (non-hydrogen) atoms. The highest BCUT2D eigenvalue weighted by Crippen LogP contribution is 2.26. The lowest BCUT2D eigenvalue weighted by atomic mass is 10.3. The van der Waals surface area contributed by atoms with E-state index in [1.54, 1.807) is 7.11 Å². The monoisotopic (exact) mass is 352 g/mol. The normalized spacial score (nSPS) is 10.3. The minimum Gasteiger partial charge on any atom is -0.497 e. The smallest absolute Gasteiger partial charge is 0.206 e. The zero-order valence-corrected chi connectivity index (χ0v) is 13.3. The van der Waals surface area contributed by atoms with E-state index in [4.69, 9.17) is 4.74 Å². The first kappa shape index (κ1) is 14.9. The Morgan fingerprint density at radius 2 is 2.15 bits per heavy atom. The average molecular weight is 353 g/mol. The van der Waals surface area contributed by atoms with Gasteiger partial charge in [-0.05, 0) is 46.3 Å². The number of halogens is 1. The highest BCUT2D eigenvalue weighted by Gasteiger charge is 2.19. The molecule has 0 saturated heterocycles. The molecular weight excluding hydrogens is 340 g/mol. The zero-order valence-electron chi connectivity index (χ0n) is 10.8. The summed E-state index contributed by atoms with van der Waals surface area (Å²) in [5.74, 6) is 1.62. The van der Waals surface area contributed by atoms with Crippen LogP contribution >= 0.6 is 28.6 Å². The Balaban J connectivity index is 2.56. The molecule has 0 fully saturated rings. The van der Waals surface area contributed by atoms with Crippen molar-refractivity contribution in [2.45, 2.75) is 5.75 Å². The molecule has 0 aliphatic rings. The van der Waals surface area contributed by atoms with Crippen LogP contribution in [-0.4, -0.2) is 22.4 Å². The van der Waals surface area contributed by atoms with Gasteiger partial charge in [-0.1, -0.05) is 6.58 Å². The van der Waals surface area contributed by atoms with Gasteiger partial charge < -0.3 is 4.74 Å². The number of rotatable bonds is 5. The lowest BCUT2D eigenvalue weighted by Crippen LogP contribution is -2.00. The van der Waals surface area contributed by atoms with Crippen molar-refractivity contribution in [3.8, 4) is 11.4 Å². The van der Waals surface area contributed by atoms with Gasteiger partial charge in [0.2, 0.25) is 5.78 Å². The van der Waals surface area contributed by atoms with E-state index in [1.807, 2.05) is 28.8 Å². The van der Waals surface area contributed by atoms with Crippen molar-refractivity contribution in [2.24, 2.45) is 0 Å². The van der Waals surface area contributed by atoms with Crippen LogP contribution in [-0.2, 0) is 5.75 Å². The van der Waals surface area contributed by atoms with Crippen molar-refractivity contribution in [3.05, 3.63) is 53.0 Å². The van der Waals surface area contributed by atoms with E-state index in [0.717, 1.165) is 11.4 Å². The van der Waals surface area contributed by atoms with Crippen molar-refractivity contribution in [1.82, 2.24) is 9.55 Å². The van der Waals surface area contributed by atoms with E-state index in [0.29, 0.717) is 21.9 Å². The summed E-state index contributed by atoms with van der Waals surface area (Å²) in [5.41, 5.74) is 1.21. The van der Waals surface area contributed by atoms with Gasteiger partial charge in [0.05, 0.1) is 7.11 Å². The average Bonchev–Trinajstić information content (AvgIpc) is 2.83. The molecule has 104 valence electrons. The number of nitrogens with zero attached hydrogens (tertiary/aromatic N) is 2. The van der Waals surface area contributed by atoms with E-state index in [2.05, 4.69) is 40.1 Å². The zero-order chi connectivity index (χ0) is 14.7. The van der Waals surface area contributed by atoms with Gasteiger partial charge in [0.15, 0.2) is 0 Å². The number of aromatic nitrogens is 2. The molecule has 1 heterocycles. The van der Waals surface area contributed by atoms with Gasteiger partial charge >= 0.3 is 0 Å². The molecule has 4 nitrogen and oxygen atoms in total. The van der Waals surface area contributed by atoms with Crippen LogP contribution in [0.2, 0.25) is 0 Å². The van der Waals surface area contributed by atoms with Crippen LogP contribution in [0.3, 0.4) is 0 Å². The van der Waals surface area contributed by atoms with Gasteiger partial charge in [0, 0.05) is 11.4 Å². The maximum Gasteiger partial charge on any atom is 0.206 e. The lowest BCUT2D eigenvalue weighted by Gasteiger charge is -2.08. The number of carbonyl (C=O) groups excluding carboxylic acids is 1. The first-order chi connectivity index (χ1) is 9.62. The Labute approximate surface area is 131 Å². The van der Waals surface area contributed by atoms with Crippen LogP contribution in [0.25, 0.3) is 5.69 Å². The summed E-state index contributed by atoms with van der Waals surface area (Å²) < 4.78 is 7.56. The molecule has 0 atom stereocenters. The fraction of sp³-hybridized carbons (Fsp3) is 0.143. The van der Waals surface area contributed by atoms with E-state index in [1.165, 1.54) is 6.08 Å².